The third kappa shape index (κ3) is 6.06. The van der Waals surface area contributed by atoms with Crippen molar-refractivity contribution in [2.75, 3.05) is 17.1 Å². The summed E-state index contributed by atoms with van der Waals surface area (Å²) >= 11 is 0. The normalized spacial score (nSPS) is 12.4. The molecule has 0 fully saturated rings. The maximum absolute atomic E-state index is 13.5. The molecule has 146 valence electrons. The highest BCUT2D eigenvalue weighted by atomic mass is 32.2. The molecule has 2 aromatic carbocycles. The van der Waals surface area contributed by atoms with Gasteiger partial charge in [-0.05, 0) is 50.5 Å². The Morgan fingerprint density at radius 3 is 2.44 bits per heavy atom. The molecule has 5 nitrogen and oxygen atoms in total. The van der Waals surface area contributed by atoms with E-state index in [-0.39, 0.29) is 5.69 Å². The van der Waals surface area contributed by atoms with Gasteiger partial charge in [0.1, 0.15) is 11.9 Å². The van der Waals surface area contributed by atoms with Crippen molar-refractivity contribution in [3.05, 3.63) is 65.5 Å². The number of nitrogens with zero attached hydrogens (tertiary/aromatic N) is 1. The van der Waals surface area contributed by atoms with E-state index >= 15 is 0 Å². The minimum Gasteiger partial charge on any atom is -0.354 e. The summed E-state index contributed by atoms with van der Waals surface area (Å²) in [6.07, 6.45) is 2.55. The number of rotatable bonds is 8. The molecule has 1 atom stereocenters. The Hall–Kier alpha value is -2.41. The maximum atomic E-state index is 13.5. The van der Waals surface area contributed by atoms with E-state index in [9.17, 15) is 17.6 Å². The van der Waals surface area contributed by atoms with Crippen molar-refractivity contribution in [1.29, 1.82) is 0 Å². The van der Waals surface area contributed by atoms with Crippen LogP contribution in [0.5, 0.6) is 0 Å². The molecular formula is C20H25FN2O3S. The molecule has 0 spiro atoms. The Morgan fingerprint density at radius 2 is 1.85 bits per heavy atom. The first-order valence-corrected chi connectivity index (χ1v) is 10.6. The molecule has 0 saturated carbocycles. The van der Waals surface area contributed by atoms with E-state index in [4.69, 9.17) is 0 Å². The van der Waals surface area contributed by atoms with Gasteiger partial charge in [0.2, 0.25) is 15.9 Å². The smallest absolute Gasteiger partial charge is 0.243 e. The molecule has 0 bridgehead atoms. The molecular weight excluding hydrogens is 367 g/mol. The van der Waals surface area contributed by atoms with Gasteiger partial charge in [-0.2, -0.15) is 0 Å². The van der Waals surface area contributed by atoms with Crippen LogP contribution in [-0.2, 0) is 21.2 Å². The topological polar surface area (TPSA) is 66.5 Å². The van der Waals surface area contributed by atoms with Gasteiger partial charge in [0.25, 0.3) is 0 Å². The van der Waals surface area contributed by atoms with Crippen LogP contribution in [0.3, 0.4) is 0 Å². The summed E-state index contributed by atoms with van der Waals surface area (Å²) in [7, 11) is -3.75. The first-order chi connectivity index (χ1) is 12.7. The number of halogens is 1. The van der Waals surface area contributed by atoms with Crippen molar-refractivity contribution >= 4 is 21.6 Å². The second-order valence-corrected chi connectivity index (χ2v) is 8.45. The van der Waals surface area contributed by atoms with Crippen molar-refractivity contribution in [2.24, 2.45) is 0 Å². The van der Waals surface area contributed by atoms with Crippen LogP contribution in [0.4, 0.5) is 10.1 Å². The van der Waals surface area contributed by atoms with Gasteiger partial charge in [-0.25, -0.2) is 12.8 Å². The van der Waals surface area contributed by atoms with Gasteiger partial charge in [-0.3, -0.25) is 9.10 Å². The minimum atomic E-state index is -3.75. The first kappa shape index (κ1) is 20.9. The van der Waals surface area contributed by atoms with Crippen molar-refractivity contribution in [1.82, 2.24) is 5.32 Å². The van der Waals surface area contributed by atoms with E-state index in [2.05, 4.69) is 17.4 Å². The zero-order valence-corrected chi connectivity index (χ0v) is 16.6. The second-order valence-electron chi connectivity index (χ2n) is 6.59. The van der Waals surface area contributed by atoms with Crippen molar-refractivity contribution < 1.29 is 17.6 Å². The molecule has 0 aliphatic rings. The fourth-order valence-electron chi connectivity index (χ4n) is 2.83. The third-order valence-corrected chi connectivity index (χ3v) is 5.45. The summed E-state index contributed by atoms with van der Waals surface area (Å²) in [4.78, 5) is 12.4. The summed E-state index contributed by atoms with van der Waals surface area (Å²) in [5.41, 5.74) is 2.50. The molecule has 1 unspecified atom stereocenters. The van der Waals surface area contributed by atoms with Gasteiger partial charge < -0.3 is 5.32 Å². The van der Waals surface area contributed by atoms with Crippen LogP contribution >= 0.6 is 0 Å². The summed E-state index contributed by atoms with van der Waals surface area (Å²) in [6, 6.07) is 12.4. The zero-order valence-electron chi connectivity index (χ0n) is 15.8. The van der Waals surface area contributed by atoms with Crippen molar-refractivity contribution in [3.63, 3.8) is 0 Å². The van der Waals surface area contributed by atoms with Gasteiger partial charge in [0.05, 0.1) is 11.9 Å². The molecule has 1 N–H and O–H groups in total. The number of hydrogen-bond donors (Lipinski definition) is 1. The van der Waals surface area contributed by atoms with Gasteiger partial charge in [-0.1, -0.05) is 35.9 Å². The Labute approximate surface area is 160 Å². The fraction of sp³-hybridized carbons (Fsp3) is 0.350. The molecule has 0 radical (unpaired) electrons. The molecule has 1 amide bonds. The highest BCUT2D eigenvalue weighted by molar-refractivity contribution is 7.92. The van der Waals surface area contributed by atoms with E-state index in [1.54, 1.807) is 0 Å². The number of carbonyl (C=O) groups is 1. The summed E-state index contributed by atoms with van der Waals surface area (Å²) in [5.74, 6) is -0.986. The van der Waals surface area contributed by atoms with Crippen LogP contribution in [0.25, 0.3) is 0 Å². The average Bonchev–Trinajstić information content (AvgIpc) is 2.59. The van der Waals surface area contributed by atoms with Crippen LogP contribution in [0.2, 0.25) is 0 Å². The number of aryl methyl sites for hydroxylation is 2. The molecule has 0 aliphatic carbocycles. The van der Waals surface area contributed by atoms with E-state index < -0.39 is 27.8 Å². The molecule has 2 aromatic rings. The number of carbonyl (C=O) groups excluding carboxylic acids is 1. The van der Waals surface area contributed by atoms with E-state index in [1.165, 1.54) is 36.2 Å². The standard InChI is InChI=1S/C20H25FN2O3S/c1-15-9-11-17(12-10-15)6-5-13-22-20(24)16(2)23(27(3,25)26)19-8-4-7-18(21)14-19/h4,7-12,14,16H,5-6,13H2,1-3H3,(H,22,24). The van der Waals surface area contributed by atoms with Crippen LogP contribution in [0, 0.1) is 12.7 Å². The number of sulfonamides is 1. The van der Waals surface area contributed by atoms with Crippen molar-refractivity contribution in [3.8, 4) is 0 Å². The second kappa shape index (κ2) is 8.99. The highest BCUT2D eigenvalue weighted by Gasteiger charge is 2.29. The largest absolute Gasteiger partial charge is 0.354 e. The Bertz CT molecular complexity index is 882. The Kier molecular flexibility index (Phi) is 6.96. The fourth-order valence-corrected chi connectivity index (χ4v) is 4.00. The number of hydrogen-bond acceptors (Lipinski definition) is 3. The number of amides is 1. The number of anilines is 1. The molecule has 7 heteroatoms. The lowest BCUT2D eigenvalue weighted by atomic mass is 10.1. The van der Waals surface area contributed by atoms with Crippen LogP contribution < -0.4 is 9.62 Å². The Morgan fingerprint density at radius 1 is 1.19 bits per heavy atom. The van der Waals surface area contributed by atoms with Crippen molar-refractivity contribution in [2.45, 2.75) is 32.7 Å². The molecule has 0 saturated heterocycles. The lowest BCUT2D eigenvalue weighted by molar-refractivity contribution is -0.121. The molecule has 0 heterocycles. The maximum Gasteiger partial charge on any atom is 0.243 e. The van der Waals surface area contributed by atoms with Gasteiger partial charge in [-0.15, -0.1) is 0 Å². The van der Waals surface area contributed by atoms with Crippen LogP contribution in [0.1, 0.15) is 24.5 Å². The van der Waals surface area contributed by atoms with E-state index in [0.29, 0.717) is 6.54 Å². The SMILES string of the molecule is Cc1ccc(CCCNC(=O)C(C)N(c2cccc(F)c2)S(C)(=O)=O)cc1. The summed E-state index contributed by atoms with van der Waals surface area (Å²) in [5, 5.41) is 2.76. The highest BCUT2D eigenvalue weighted by Crippen LogP contribution is 2.21. The van der Waals surface area contributed by atoms with E-state index in [0.717, 1.165) is 29.5 Å². The monoisotopic (exact) mass is 392 g/mol. The Balaban J connectivity index is 1.97. The first-order valence-electron chi connectivity index (χ1n) is 8.76. The number of nitrogens with one attached hydrogen (secondary N) is 1. The minimum absolute atomic E-state index is 0.125. The molecule has 2 rings (SSSR count). The van der Waals surface area contributed by atoms with Gasteiger partial charge in [0.15, 0.2) is 0 Å². The predicted octanol–water partition coefficient (Wildman–Crippen LogP) is 3.04. The quantitative estimate of drug-likeness (QED) is 0.702. The number of benzene rings is 2. The van der Waals surface area contributed by atoms with Crippen LogP contribution in [-0.4, -0.2) is 33.2 Å². The van der Waals surface area contributed by atoms with Gasteiger partial charge in [0, 0.05) is 6.54 Å². The third-order valence-electron chi connectivity index (χ3n) is 4.21. The molecule has 0 aromatic heterocycles. The summed E-state index contributed by atoms with van der Waals surface area (Å²) < 4.78 is 38.7. The lowest BCUT2D eigenvalue weighted by Crippen LogP contribution is -2.48. The van der Waals surface area contributed by atoms with Crippen LogP contribution in [0.15, 0.2) is 48.5 Å². The molecule has 27 heavy (non-hydrogen) atoms. The lowest BCUT2D eigenvalue weighted by Gasteiger charge is -2.28. The van der Waals surface area contributed by atoms with E-state index in [1.807, 2.05) is 19.1 Å². The average molecular weight is 392 g/mol. The molecule has 0 aliphatic heterocycles. The van der Waals surface area contributed by atoms with Gasteiger partial charge >= 0.3 is 0 Å². The summed E-state index contributed by atoms with van der Waals surface area (Å²) in [6.45, 7) is 3.94. The predicted molar refractivity (Wildman–Crippen MR) is 106 cm³/mol. The zero-order chi connectivity index (χ0) is 20.0.